The zero-order valence-corrected chi connectivity index (χ0v) is 29.9. The third-order valence-corrected chi connectivity index (χ3v) is 10.1. The van der Waals surface area contributed by atoms with Gasteiger partial charge in [0.15, 0.2) is 11.5 Å². The van der Waals surface area contributed by atoms with E-state index in [4.69, 9.17) is 8.37 Å². The van der Waals surface area contributed by atoms with E-state index in [1.807, 2.05) is 48.5 Å². The molecular formula is C46H40O4S. The van der Waals surface area contributed by atoms with Gasteiger partial charge in [-0.3, -0.25) is 0 Å². The van der Waals surface area contributed by atoms with Crippen LogP contribution < -0.4 is 8.37 Å². The molecule has 0 atom stereocenters. The second-order valence-corrected chi connectivity index (χ2v) is 14.3. The zero-order valence-electron chi connectivity index (χ0n) is 29.1. The molecule has 0 aliphatic carbocycles. The van der Waals surface area contributed by atoms with Crippen molar-refractivity contribution >= 4 is 31.9 Å². The summed E-state index contributed by atoms with van der Waals surface area (Å²) in [5.74, 6) is 13.6. The van der Waals surface area contributed by atoms with Gasteiger partial charge in [-0.05, 0) is 119 Å². The number of benzene rings is 6. The zero-order chi connectivity index (χ0) is 35.2. The summed E-state index contributed by atoms with van der Waals surface area (Å²) in [6, 6.07) is 36.0. The van der Waals surface area contributed by atoms with Gasteiger partial charge in [0.05, 0.1) is 0 Å². The molecule has 0 aromatic heterocycles. The maximum Gasteiger partial charge on any atom is 0.501 e. The number of fused-ring (bicyclic) bond motifs is 7. The van der Waals surface area contributed by atoms with Crippen LogP contribution in [0.25, 0.3) is 32.7 Å². The fourth-order valence-corrected chi connectivity index (χ4v) is 7.37. The summed E-state index contributed by atoms with van der Waals surface area (Å²) < 4.78 is 36.8. The highest BCUT2D eigenvalue weighted by Crippen LogP contribution is 2.48. The summed E-state index contributed by atoms with van der Waals surface area (Å²) in [5.41, 5.74) is 7.64. The van der Waals surface area contributed by atoms with E-state index in [9.17, 15) is 8.42 Å². The van der Waals surface area contributed by atoms with Crippen molar-refractivity contribution in [2.75, 3.05) is 0 Å². The summed E-state index contributed by atoms with van der Waals surface area (Å²) in [4.78, 5) is 0. The first kappa shape index (κ1) is 34.0. The summed E-state index contributed by atoms with van der Waals surface area (Å²) in [6.07, 6.45) is 9.51. The molecule has 6 aromatic carbocycles. The number of rotatable bonds is 8. The van der Waals surface area contributed by atoms with Crippen molar-refractivity contribution in [2.45, 2.75) is 65.2 Å². The molecule has 0 N–H and O–H groups in total. The maximum absolute atomic E-state index is 12.9. The first-order valence-electron chi connectivity index (χ1n) is 17.9. The van der Waals surface area contributed by atoms with Gasteiger partial charge in [0.25, 0.3) is 0 Å². The van der Waals surface area contributed by atoms with Gasteiger partial charge >= 0.3 is 10.4 Å². The van der Waals surface area contributed by atoms with E-state index in [-0.39, 0.29) is 11.5 Å². The molecule has 0 amide bonds. The minimum Gasteiger partial charge on any atom is -0.352 e. The fourth-order valence-electron chi connectivity index (χ4n) is 6.62. The van der Waals surface area contributed by atoms with Crippen LogP contribution in [0.15, 0.2) is 109 Å². The lowest BCUT2D eigenvalue weighted by atomic mass is 9.91. The summed E-state index contributed by atoms with van der Waals surface area (Å²) in [7, 11) is -4.34. The molecule has 0 unspecified atom stereocenters. The van der Waals surface area contributed by atoms with E-state index in [0.717, 1.165) is 56.6 Å². The third-order valence-electron chi connectivity index (χ3n) is 9.35. The number of hydrogen-bond acceptors (Lipinski definition) is 4. The third kappa shape index (κ3) is 7.96. The molecular weight excluding hydrogens is 649 g/mol. The van der Waals surface area contributed by atoms with E-state index in [1.165, 1.54) is 49.7 Å². The lowest BCUT2D eigenvalue weighted by molar-refractivity contribution is 0.398. The second-order valence-electron chi connectivity index (χ2n) is 13.1. The molecule has 254 valence electrons. The maximum atomic E-state index is 12.9. The highest BCUT2D eigenvalue weighted by Gasteiger charge is 2.29. The van der Waals surface area contributed by atoms with Gasteiger partial charge in [0.1, 0.15) is 0 Å². The second kappa shape index (κ2) is 15.2. The summed E-state index contributed by atoms with van der Waals surface area (Å²) >= 11 is 0. The Morgan fingerprint density at radius 2 is 0.863 bits per heavy atom. The molecule has 0 spiro atoms. The molecule has 0 radical (unpaired) electrons. The number of aryl methyl sites for hydroxylation is 2. The van der Waals surface area contributed by atoms with Gasteiger partial charge < -0.3 is 8.37 Å². The first-order valence-corrected chi connectivity index (χ1v) is 19.2. The Labute approximate surface area is 301 Å². The molecule has 0 saturated carbocycles. The molecule has 1 aliphatic rings. The predicted molar refractivity (Wildman–Crippen MR) is 208 cm³/mol. The van der Waals surface area contributed by atoms with E-state index < -0.39 is 10.4 Å². The van der Waals surface area contributed by atoms with Crippen molar-refractivity contribution in [1.29, 1.82) is 0 Å². The molecule has 1 heterocycles. The molecule has 0 bridgehead atoms. The normalized spacial score (nSPS) is 12.7. The Kier molecular flexibility index (Phi) is 10.1. The van der Waals surface area contributed by atoms with E-state index in [0.29, 0.717) is 11.1 Å². The monoisotopic (exact) mass is 688 g/mol. The average molecular weight is 689 g/mol. The largest absolute Gasteiger partial charge is 0.501 e. The van der Waals surface area contributed by atoms with Crippen LogP contribution in [0.4, 0.5) is 0 Å². The Hall–Kier alpha value is -5.49. The minimum absolute atomic E-state index is 0.216. The van der Waals surface area contributed by atoms with E-state index in [1.54, 1.807) is 12.1 Å². The van der Waals surface area contributed by atoms with Crippen LogP contribution in [-0.4, -0.2) is 8.42 Å². The minimum atomic E-state index is -4.34. The molecule has 51 heavy (non-hydrogen) atoms. The van der Waals surface area contributed by atoms with Crippen LogP contribution in [0.2, 0.25) is 0 Å². The number of hydrogen-bond donors (Lipinski definition) is 0. The highest BCUT2D eigenvalue weighted by atomic mass is 32.3. The van der Waals surface area contributed by atoms with Crippen LogP contribution in [0, 0.1) is 23.7 Å². The van der Waals surface area contributed by atoms with Crippen molar-refractivity contribution in [2.24, 2.45) is 0 Å². The van der Waals surface area contributed by atoms with Crippen LogP contribution in [0.1, 0.15) is 85.8 Å². The van der Waals surface area contributed by atoms with Crippen LogP contribution in [-0.2, 0) is 23.2 Å². The molecule has 5 heteroatoms. The average Bonchev–Trinajstić information content (AvgIpc) is 3.26. The molecule has 0 fully saturated rings. The quantitative estimate of drug-likeness (QED) is 0.118. The molecule has 1 aliphatic heterocycles. The Morgan fingerprint density at radius 3 is 1.27 bits per heavy atom. The molecule has 4 nitrogen and oxygen atoms in total. The van der Waals surface area contributed by atoms with E-state index >= 15 is 0 Å². The van der Waals surface area contributed by atoms with Gasteiger partial charge in [-0.2, -0.15) is 0 Å². The molecule has 0 saturated heterocycles. The predicted octanol–water partition coefficient (Wildman–Crippen LogP) is 10.9. The summed E-state index contributed by atoms with van der Waals surface area (Å²) in [6.45, 7) is 4.44. The van der Waals surface area contributed by atoms with Crippen molar-refractivity contribution in [3.8, 4) is 46.3 Å². The first-order chi connectivity index (χ1) is 24.9. The van der Waals surface area contributed by atoms with Gasteiger partial charge in [-0.15, -0.1) is 8.42 Å². The van der Waals surface area contributed by atoms with Crippen LogP contribution in [0.3, 0.4) is 0 Å². The topological polar surface area (TPSA) is 52.6 Å². The van der Waals surface area contributed by atoms with Crippen molar-refractivity contribution in [3.05, 3.63) is 143 Å². The fraction of sp³-hybridized carbons (Fsp3) is 0.217. The standard InChI is InChI=1S/C46H40O4S/c1-3-5-7-9-33-11-15-35(16-12-33)19-21-37-23-27-41-39(31-37)25-29-43-45(41)46-42-28-24-38(32-40(42)26-30-44(46)50-51(47,48)49-43)22-20-36-17-13-34(14-18-36)10-8-6-4-2/h11-18,23-32H,3-10H2,1-2H3. The lowest BCUT2D eigenvalue weighted by Crippen LogP contribution is -2.15. The van der Waals surface area contributed by atoms with Crippen LogP contribution in [0.5, 0.6) is 11.5 Å². The smallest absolute Gasteiger partial charge is 0.352 e. The summed E-state index contributed by atoms with van der Waals surface area (Å²) in [5, 5.41) is 3.50. The van der Waals surface area contributed by atoms with E-state index in [2.05, 4.69) is 86.1 Å². The van der Waals surface area contributed by atoms with Crippen molar-refractivity contribution in [1.82, 2.24) is 0 Å². The Bertz CT molecular complexity index is 2290. The molecule has 6 aromatic rings. The van der Waals surface area contributed by atoms with Gasteiger partial charge in [-0.25, -0.2) is 0 Å². The highest BCUT2D eigenvalue weighted by molar-refractivity contribution is 7.82. The SMILES string of the molecule is CCCCCc1ccc(C#Cc2ccc3c4c(ccc3c2)OS(=O)(=O)Oc2ccc3cc(C#Cc5ccc(CCCCC)cc5)ccc3c2-4)cc1. The Balaban J connectivity index is 1.22. The Morgan fingerprint density at radius 1 is 0.471 bits per heavy atom. The van der Waals surface area contributed by atoms with Gasteiger partial charge in [-0.1, -0.05) is 112 Å². The van der Waals surface area contributed by atoms with Crippen LogP contribution >= 0.6 is 0 Å². The number of unbranched alkanes of at least 4 members (excludes halogenated alkanes) is 4. The molecule has 7 rings (SSSR count). The lowest BCUT2D eigenvalue weighted by Gasteiger charge is -2.13. The van der Waals surface area contributed by atoms with Gasteiger partial charge in [0.2, 0.25) is 0 Å². The van der Waals surface area contributed by atoms with Crippen molar-refractivity contribution < 1.29 is 16.8 Å². The van der Waals surface area contributed by atoms with Crippen molar-refractivity contribution in [3.63, 3.8) is 0 Å². The van der Waals surface area contributed by atoms with Gasteiger partial charge in [0, 0.05) is 33.4 Å².